The van der Waals surface area contributed by atoms with Crippen LogP contribution in [0, 0.1) is 0 Å². The molecule has 1 aliphatic rings. The van der Waals surface area contributed by atoms with Crippen molar-refractivity contribution in [1.82, 2.24) is 19.7 Å². The van der Waals surface area contributed by atoms with Gasteiger partial charge in [0.2, 0.25) is 5.91 Å². The number of nitrogens with zero attached hydrogens (tertiary/aromatic N) is 4. The zero-order valence-electron chi connectivity index (χ0n) is 9.16. The van der Waals surface area contributed by atoms with Gasteiger partial charge in [0.25, 0.3) is 5.82 Å². The molecule has 0 atom stereocenters. The third-order valence-electron chi connectivity index (χ3n) is 2.57. The highest BCUT2D eigenvalue weighted by Crippen LogP contribution is 2.27. The molecule has 0 unspecified atom stereocenters. The zero-order chi connectivity index (χ0) is 12.6. The number of aromatic nitrogens is 3. The van der Waals surface area contributed by atoms with E-state index in [0.29, 0.717) is 13.0 Å². The van der Waals surface area contributed by atoms with Crippen molar-refractivity contribution in [3.63, 3.8) is 0 Å². The average molecular weight is 248 g/mol. The van der Waals surface area contributed by atoms with Crippen molar-refractivity contribution in [2.24, 2.45) is 0 Å². The van der Waals surface area contributed by atoms with Crippen LogP contribution in [0.5, 0.6) is 0 Å². The number of alkyl halides is 3. The molecule has 0 N–H and O–H groups in total. The van der Waals surface area contributed by atoms with Gasteiger partial charge in [0.15, 0.2) is 0 Å². The number of fused-ring (bicyclic) bond motifs is 1. The van der Waals surface area contributed by atoms with E-state index in [1.807, 2.05) is 0 Å². The number of amides is 1. The Morgan fingerprint density at radius 3 is 2.71 bits per heavy atom. The van der Waals surface area contributed by atoms with Crippen LogP contribution in [0.4, 0.5) is 13.2 Å². The van der Waals surface area contributed by atoms with Crippen molar-refractivity contribution in [2.45, 2.75) is 32.6 Å². The van der Waals surface area contributed by atoms with E-state index in [0.717, 1.165) is 0 Å². The summed E-state index contributed by atoms with van der Waals surface area (Å²) in [4.78, 5) is 16.3. The van der Waals surface area contributed by atoms with E-state index in [9.17, 15) is 18.0 Å². The Hall–Kier alpha value is -1.60. The Kier molecular flexibility index (Phi) is 2.80. The van der Waals surface area contributed by atoms with Crippen LogP contribution in [0.2, 0.25) is 0 Å². The van der Waals surface area contributed by atoms with Crippen LogP contribution in [-0.4, -0.2) is 32.1 Å². The second-order valence-electron chi connectivity index (χ2n) is 3.74. The minimum absolute atomic E-state index is 0.0900. The lowest BCUT2D eigenvalue weighted by Crippen LogP contribution is -2.38. The van der Waals surface area contributed by atoms with Crippen LogP contribution in [0.1, 0.15) is 25.0 Å². The summed E-state index contributed by atoms with van der Waals surface area (Å²) >= 11 is 0. The lowest BCUT2D eigenvalue weighted by Gasteiger charge is -2.26. The predicted molar refractivity (Wildman–Crippen MR) is 50.7 cm³/mol. The molecule has 0 fully saturated rings. The molecule has 1 aromatic rings. The van der Waals surface area contributed by atoms with Gasteiger partial charge in [0.05, 0.1) is 13.1 Å². The molecule has 1 amide bonds. The monoisotopic (exact) mass is 248 g/mol. The maximum Gasteiger partial charge on any atom is 0.453 e. The van der Waals surface area contributed by atoms with Gasteiger partial charge < -0.3 is 4.90 Å². The molecule has 2 rings (SSSR count). The highest BCUT2D eigenvalue weighted by molar-refractivity contribution is 5.75. The first-order valence-electron chi connectivity index (χ1n) is 5.20. The van der Waals surface area contributed by atoms with Gasteiger partial charge >= 0.3 is 6.18 Å². The summed E-state index contributed by atoms with van der Waals surface area (Å²) in [7, 11) is 0. The number of carbonyl (C=O) groups excluding carboxylic acids is 1. The Morgan fingerprint density at radius 2 is 2.12 bits per heavy atom. The SMILES string of the molecule is CCC(=O)N1CCn2nc(C(F)(F)F)nc2C1. The lowest BCUT2D eigenvalue weighted by atomic mass is 10.3. The summed E-state index contributed by atoms with van der Waals surface area (Å²) in [5, 5.41) is 3.38. The maximum atomic E-state index is 12.4. The van der Waals surface area contributed by atoms with Gasteiger partial charge in [0, 0.05) is 13.0 Å². The molecule has 8 heteroatoms. The Bertz CT molecular complexity index is 440. The zero-order valence-corrected chi connectivity index (χ0v) is 9.16. The first-order valence-corrected chi connectivity index (χ1v) is 5.20. The fourth-order valence-corrected chi connectivity index (χ4v) is 1.69. The largest absolute Gasteiger partial charge is 0.453 e. The molecule has 5 nitrogen and oxygen atoms in total. The highest BCUT2D eigenvalue weighted by Gasteiger charge is 2.38. The number of hydrogen-bond acceptors (Lipinski definition) is 3. The van der Waals surface area contributed by atoms with Gasteiger partial charge in [-0.05, 0) is 0 Å². The van der Waals surface area contributed by atoms with Gasteiger partial charge in [-0.15, -0.1) is 5.10 Å². The highest BCUT2D eigenvalue weighted by atomic mass is 19.4. The minimum atomic E-state index is -4.54. The first kappa shape index (κ1) is 11.9. The number of rotatable bonds is 1. The molecule has 0 bridgehead atoms. The van der Waals surface area contributed by atoms with Crippen LogP contribution in [-0.2, 0) is 24.1 Å². The Balaban J connectivity index is 2.21. The van der Waals surface area contributed by atoms with Gasteiger partial charge in [-0.2, -0.15) is 13.2 Å². The summed E-state index contributed by atoms with van der Waals surface area (Å²) in [6.45, 7) is 2.43. The van der Waals surface area contributed by atoms with Gasteiger partial charge in [-0.1, -0.05) is 6.92 Å². The molecule has 0 aliphatic carbocycles. The number of halogens is 3. The van der Waals surface area contributed by atoms with Gasteiger partial charge in [-0.25, -0.2) is 9.67 Å². The molecule has 0 aromatic carbocycles. The molecule has 0 spiro atoms. The molecular formula is C9H11F3N4O. The van der Waals surface area contributed by atoms with Crippen molar-refractivity contribution < 1.29 is 18.0 Å². The van der Waals surface area contributed by atoms with E-state index in [1.54, 1.807) is 6.92 Å². The van der Waals surface area contributed by atoms with Crippen molar-refractivity contribution in [3.8, 4) is 0 Å². The molecule has 94 valence electrons. The van der Waals surface area contributed by atoms with E-state index in [4.69, 9.17) is 0 Å². The molecule has 0 radical (unpaired) electrons. The van der Waals surface area contributed by atoms with E-state index in [-0.39, 0.29) is 24.8 Å². The van der Waals surface area contributed by atoms with Crippen LogP contribution >= 0.6 is 0 Å². The quantitative estimate of drug-likeness (QED) is 0.746. The standard InChI is InChI=1S/C9H11F3N4O/c1-2-7(17)15-3-4-16-6(5-15)13-8(14-16)9(10,11)12/h2-5H2,1H3. The Morgan fingerprint density at radius 1 is 1.41 bits per heavy atom. The smallest absolute Gasteiger partial charge is 0.333 e. The van der Waals surface area contributed by atoms with Crippen LogP contribution in [0.15, 0.2) is 0 Å². The second kappa shape index (κ2) is 4.01. The molecule has 0 saturated carbocycles. The normalized spacial score (nSPS) is 15.9. The number of hydrogen-bond donors (Lipinski definition) is 0. The van der Waals surface area contributed by atoms with Crippen molar-refractivity contribution >= 4 is 5.91 Å². The van der Waals surface area contributed by atoms with Crippen molar-refractivity contribution in [3.05, 3.63) is 11.6 Å². The van der Waals surface area contributed by atoms with Crippen LogP contribution < -0.4 is 0 Å². The second-order valence-corrected chi connectivity index (χ2v) is 3.74. The van der Waals surface area contributed by atoms with E-state index in [2.05, 4.69) is 10.1 Å². The fourth-order valence-electron chi connectivity index (χ4n) is 1.69. The topological polar surface area (TPSA) is 51.0 Å². The molecular weight excluding hydrogens is 237 g/mol. The van der Waals surface area contributed by atoms with Crippen molar-refractivity contribution in [1.29, 1.82) is 0 Å². The molecule has 1 aromatic heterocycles. The van der Waals surface area contributed by atoms with E-state index in [1.165, 1.54) is 9.58 Å². The van der Waals surface area contributed by atoms with Gasteiger partial charge in [-0.3, -0.25) is 4.79 Å². The molecule has 0 saturated heterocycles. The van der Waals surface area contributed by atoms with Crippen LogP contribution in [0.3, 0.4) is 0 Å². The first-order chi connectivity index (χ1) is 7.91. The van der Waals surface area contributed by atoms with E-state index < -0.39 is 12.0 Å². The van der Waals surface area contributed by atoms with Crippen LogP contribution in [0.25, 0.3) is 0 Å². The fraction of sp³-hybridized carbons (Fsp3) is 0.667. The van der Waals surface area contributed by atoms with Crippen molar-refractivity contribution in [2.75, 3.05) is 6.54 Å². The summed E-state index contributed by atoms with van der Waals surface area (Å²) in [5.74, 6) is -1.04. The summed E-state index contributed by atoms with van der Waals surface area (Å²) in [6.07, 6.45) is -4.20. The Labute approximate surface area is 95.2 Å². The van der Waals surface area contributed by atoms with Gasteiger partial charge in [0.1, 0.15) is 5.82 Å². The third kappa shape index (κ3) is 2.25. The predicted octanol–water partition coefficient (Wildman–Crippen LogP) is 1.05. The molecule has 1 aliphatic heterocycles. The molecule has 2 heterocycles. The number of carbonyl (C=O) groups is 1. The maximum absolute atomic E-state index is 12.4. The molecule has 17 heavy (non-hydrogen) atoms. The minimum Gasteiger partial charge on any atom is -0.333 e. The summed E-state index contributed by atoms with van der Waals surface area (Å²) < 4.78 is 38.3. The summed E-state index contributed by atoms with van der Waals surface area (Å²) in [5.41, 5.74) is 0. The van der Waals surface area contributed by atoms with E-state index >= 15 is 0 Å². The lowest BCUT2D eigenvalue weighted by molar-refractivity contribution is -0.145. The summed E-state index contributed by atoms with van der Waals surface area (Å²) in [6, 6.07) is 0. The average Bonchev–Trinajstić information content (AvgIpc) is 2.70. The third-order valence-corrected chi connectivity index (χ3v) is 2.57.